The Morgan fingerprint density at radius 2 is 1.68 bits per heavy atom. The van der Waals surface area contributed by atoms with Crippen LogP contribution in [-0.2, 0) is 9.59 Å². The molecule has 0 rings (SSSR count). The maximum Gasteiger partial charge on any atom is 0.430 e. The summed E-state index contributed by atoms with van der Waals surface area (Å²) in [5, 5.41) is 17.3. The first-order chi connectivity index (χ1) is 8.27. The zero-order valence-corrected chi connectivity index (χ0v) is 11.0. The van der Waals surface area contributed by atoms with Crippen molar-refractivity contribution in [3.8, 4) is 0 Å². The number of alkyl halides is 3. The van der Waals surface area contributed by atoms with Crippen LogP contribution < -0.4 is 10.8 Å². The van der Waals surface area contributed by atoms with Gasteiger partial charge in [-0.3, -0.25) is 4.79 Å². The molecule has 0 saturated heterocycles. The maximum absolute atomic E-state index is 10.5. The van der Waals surface area contributed by atoms with E-state index >= 15 is 0 Å². The molecule has 0 unspecified atom stereocenters. The fourth-order valence-electron chi connectivity index (χ4n) is 0.909. The second kappa shape index (κ2) is 7.95. The van der Waals surface area contributed by atoms with E-state index in [1.807, 2.05) is 0 Å². The van der Waals surface area contributed by atoms with Crippen LogP contribution in [0.25, 0.3) is 0 Å². The zero-order chi connectivity index (χ0) is 15.9. The summed E-state index contributed by atoms with van der Waals surface area (Å²) in [6.07, 6.45) is -3.78. The van der Waals surface area contributed by atoms with Gasteiger partial charge in [0.25, 0.3) is 0 Å². The second-order valence-corrected chi connectivity index (χ2v) is 4.89. The molecular weight excluding hydrogens is 269 g/mol. The van der Waals surface area contributed by atoms with Gasteiger partial charge in [0.1, 0.15) is 12.0 Å². The molecule has 6 nitrogen and oxygen atoms in total. The van der Waals surface area contributed by atoms with Crippen LogP contribution in [0.1, 0.15) is 12.8 Å². The van der Waals surface area contributed by atoms with Crippen LogP contribution in [0.5, 0.6) is 0 Å². The van der Waals surface area contributed by atoms with E-state index in [9.17, 15) is 18.0 Å². The summed E-state index contributed by atoms with van der Waals surface area (Å²) in [7, 11) is 6.23. The smallest absolute Gasteiger partial charge is 0.430 e. The molecule has 0 aromatic carbocycles. The van der Waals surface area contributed by atoms with Gasteiger partial charge in [-0.15, -0.1) is 0 Å². The number of nitrogens with two attached hydrogens (primary N) is 1. The van der Waals surface area contributed by atoms with E-state index in [1.54, 1.807) is 0 Å². The van der Waals surface area contributed by atoms with Crippen molar-refractivity contribution in [2.75, 3.05) is 27.7 Å². The number of carboxylic acid groups (broad SMARTS) is 2. The first kappa shape index (κ1) is 20.0. The van der Waals surface area contributed by atoms with E-state index in [2.05, 4.69) is 21.1 Å². The third kappa shape index (κ3) is 14.6. The molecule has 0 heterocycles. The Hall–Kier alpha value is -1.35. The lowest BCUT2D eigenvalue weighted by Gasteiger charge is -2.23. The number of aliphatic carboxylic acids is 2. The van der Waals surface area contributed by atoms with Crippen LogP contribution in [-0.4, -0.2) is 61.4 Å². The highest BCUT2D eigenvalue weighted by Crippen LogP contribution is 2.11. The lowest BCUT2D eigenvalue weighted by molar-refractivity contribution is -0.870. The molecule has 0 fully saturated rings. The second-order valence-electron chi connectivity index (χ2n) is 4.89. The van der Waals surface area contributed by atoms with Crippen molar-refractivity contribution in [1.82, 2.24) is 0 Å². The zero-order valence-electron chi connectivity index (χ0n) is 11.0. The van der Waals surface area contributed by atoms with Crippen LogP contribution in [0, 0.1) is 0 Å². The summed E-state index contributed by atoms with van der Waals surface area (Å²) < 4.78 is 32.4. The summed E-state index contributed by atoms with van der Waals surface area (Å²) in [5.41, 5.74) is 5.34. The quantitative estimate of drug-likeness (QED) is 0.644. The number of carbonyl (C=O) groups excluding carboxylic acids is 1. The van der Waals surface area contributed by atoms with E-state index in [4.69, 9.17) is 20.7 Å². The van der Waals surface area contributed by atoms with Crippen LogP contribution >= 0.6 is 0 Å². The normalized spacial score (nSPS) is 13.2. The van der Waals surface area contributed by atoms with E-state index in [-0.39, 0.29) is 0 Å². The van der Waals surface area contributed by atoms with Gasteiger partial charge in [-0.25, -0.2) is 0 Å². The average Bonchev–Trinajstić information content (AvgIpc) is 2.14. The number of quaternary nitrogens is 1. The van der Waals surface area contributed by atoms with Crippen molar-refractivity contribution in [3.63, 3.8) is 0 Å². The molecule has 19 heavy (non-hydrogen) atoms. The molecule has 0 spiro atoms. The number of nitrogens with zero attached hydrogens (tertiary/aromatic N) is 1. The van der Waals surface area contributed by atoms with Gasteiger partial charge in [-0.2, -0.15) is 13.2 Å². The number of hydrogen-bond acceptors (Lipinski definition) is 4. The lowest BCUT2D eigenvalue weighted by Crippen LogP contribution is -2.37. The molecule has 9 heteroatoms. The van der Waals surface area contributed by atoms with Crippen LogP contribution in [0.15, 0.2) is 0 Å². The van der Waals surface area contributed by atoms with Crippen molar-refractivity contribution in [2.45, 2.75) is 25.1 Å². The van der Waals surface area contributed by atoms with Crippen molar-refractivity contribution in [2.24, 2.45) is 5.73 Å². The Morgan fingerprint density at radius 3 is 1.89 bits per heavy atom. The van der Waals surface area contributed by atoms with Gasteiger partial charge in [0.2, 0.25) is 0 Å². The van der Waals surface area contributed by atoms with Crippen LogP contribution in [0.2, 0.25) is 0 Å². The fraction of sp³-hybridized carbons (Fsp3) is 0.800. The van der Waals surface area contributed by atoms with E-state index < -0.39 is 24.2 Å². The van der Waals surface area contributed by atoms with E-state index in [1.165, 1.54) is 0 Å². The van der Waals surface area contributed by atoms with Gasteiger partial charge in [0.05, 0.1) is 27.7 Å². The molecule has 0 aromatic rings. The number of hydrogen-bond donors (Lipinski definition) is 2. The summed E-state index contributed by atoms with van der Waals surface area (Å²) in [4.78, 5) is 19.1. The first-order valence-corrected chi connectivity index (χ1v) is 5.34. The standard InChI is InChI=1S/C8H18N2O2.C2HF3O2/c1-10(2,3)6-4-5-7(9)8(11)12;3-2(4,5)1(6)7/h7H,4-6,9H2,1-3H3;(H,6,7)/t7-;/m0./s1. The minimum absolute atomic E-state index is 0.560. The third-order valence-corrected chi connectivity index (χ3v) is 1.89. The highest BCUT2D eigenvalue weighted by molar-refractivity contribution is 5.72. The summed E-state index contributed by atoms with van der Waals surface area (Å²) in [6.45, 7) is 0.959. The molecule has 0 saturated carbocycles. The average molecular weight is 288 g/mol. The van der Waals surface area contributed by atoms with Gasteiger partial charge >= 0.3 is 12.1 Å². The molecule has 0 radical (unpaired) electrons. The number of halogens is 3. The summed E-state index contributed by atoms with van der Waals surface area (Å²) >= 11 is 0. The molecule has 0 amide bonds. The highest BCUT2D eigenvalue weighted by atomic mass is 19.4. The minimum atomic E-state index is -5.19. The van der Waals surface area contributed by atoms with Crippen molar-refractivity contribution in [3.05, 3.63) is 0 Å². The first-order valence-electron chi connectivity index (χ1n) is 5.34. The minimum Gasteiger partial charge on any atom is -0.542 e. The van der Waals surface area contributed by atoms with Crippen molar-refractivity contribution < 1.29 is 37.5 Å². The molecule has 1 atom stereocenters. The maximum atomic E-state index is 10.5. The van der Waals surface area contributed by atoms with Crippen LogP contribution in [0.3, 0.4) is 0 Å². The molecule has 0 aliphatic rings. The topological polar surface area (TPSA) is 103 Å². The Labute approximate surface area is 109 Å². The molecule has 3 N–H and O–H groups in total. The molecule has 114 valence electrons. The number of carboxylic acids is 2. The Kier molecular flexibility index (Phi) is 8.36. The Balaban J connectivity index is 0. The summed E-state index contributed by atoms with van der Waals surface area (Å²) in [5.74, 6) is -3.91. The van der Waals surface area contributed by atoms with Crippen LogP contribution in [0.4, 0.5) is 13.2 Å². The SMILES string of the molecule is C[N+](C)(C)CCC[C@H](N)C(=O)O.O=C([O-])C(F)(F)F. The highest BCUT2D eigenvalue weighted by Gasteiger charge is 2.28. The fourth-order valence-corrected chi connectivity index (χ4v) is 0.909. The third-order valence-electron chi connectivity index (χ3n) is 1.89. The predicted octanol–water partition coefficient (Wildman–Crippen LogP) is -0.817. The van der Waals surface area contributed by atoms with E-state index in [0.29, 0.717) is 6.42 Å². The van der Waals surface area contributed by atoms with Gasteiger partial charge in [0.15, 0.2) is 0 Å². The lowest BCUT2D eigenvalue weighted by atomic mass is 10.1. The van der Waals surface area contributed by atoms with Gasteiger partial charge in [-0.1, -0.05) is 0 Å². The van der Waals surface area contributed by atoms with Crippen molar-refractivity contribution >= 4 is 11.9 Å². The van der Waals surface area contributed by atoms with Gasteiger partial charge < -0.3 is 25.2 Å². The Morgan fingerprint density at radius 1 is 1.32 bits per heavy atom. The van der Waals surface area contributed by atoms with E-state index in [0.717, 1.165) is 17.4 Å². The predicted molar refractivity (Wildman–Crippen MR) is 58.8 cm³/mol. The molecular formula is C10H19F3N2O4. The number of carbonyl (C=O) groups is 2. The van der Waals surface area contributed by atoms with Crippen molar-refractivity contribution in [1.29, 1.82) is 0 Å². The number of rotatable bonds is 5. The van der Waals surface area contributed by atoms with Gasteiger partial charge in [-0.05, 0) is 12.8 Å². The molecule has 0 aliphatic carbocycles. The Bertz CT molecular complexity index is 300. The molecule has 0 bridgehead atoms. The molecule has 0 aliphatic heterocycles. The largest absolute Gasteiger partial charge is 0.542 e. The summed E-state index contributed by atoms with van der Waals surface area (Å²) in [6, 6.07) is -0.698. The molecule has 0 aromatic heterocycles. The van der Waals surface area contributed by atoms with Gasteiger partial charge in [0, 0.05) is 0 Å². The monoisotopic (exact) mass is 288 g/mol.